The normalized spacial score (nSPS) is 21.7. The molecule has 0 fully saturated rings. The Morgan fingerprint density at radius 3 is 2.39 bits per heavy atom. The lowest BCUT2D eigenvalue weighted by Gasteiger charge is -2.36. The lowest BCUT2D eigenvalue weighted by atomic mass is 9.86. The molecule has 4 nitrogen and oxygen atoms in total. The van der Waals surface area contributed by atoms with Gasteiger partial charge in [0.05, 0.1) is 5.03 Å². The van der Waals surface area contributed by atoms with Gasteiger partial charge in [-0.3, -0.25) is 9.59 Å². The topological polar surface area (TPSA) is 63.6 Å². The Bertz CT molecular complexity index is 663. The number of ketones is 1. The monoisotopic (exact) mass is 470 g/mol. The van der Waals surface area contributed by atoms with Gasteiger partial charge in [0.1, 0.15) is 5.60 Å². The molecule has 0 aromatic rings. The molecule has 178 valence electrons. The van der Waals surface area contributed by atoms with Crippen LogP contribution >= 0.6 is 11.6 Å². The Morgan fingerprint density at radius 2 is 1.81 bits per heavy atom. The SMILES string of the molecule is CC(C)CCCC(C)CCC1(O[Si](C)(C)C)C=C(Cl)C(=O)/C1=C\CCCCCC(=O)O. The molecule has 0 aromatic heterocycles. The van der Waals surface area contributed by atoms with E-state index in [4.69, 9.17) is 21.1 Å². The maximum atomic E-state index is 12.9. The molecule has 0 amide bonds. The number of Topliss-reactive ketones (excluding diaryl/α,β-unsaturated/α-hetero) is 1. The summed E-state index contributed by atoms with van der Waals surface area (Å²) in [6, 6.07) is 0. The van der Waals surface area contributed by atoms with E-state index in [1.165, 1.54) is 19.3 Å². The summed E-state index contributed by atoms with van der Waals surface area (Å²) in [6.07, 6.45) is 12.6. The smallest absolute Gasteiger partial charge is 0.303 e. The molecule has 0 heterocycles. The molecule has 1 aliphatic rings. The summed E-state index contributed by atoms with van der Waals surface area (Å²) >= 11 is 6.34. The third kappa shape index (κ3) is 10.5. The first-order valence-corrected chi connectivity index (χ1v) is 15.7. The second kappa shape index (κ2) is 13.0. The average Bonchev–Trinajstić information content (AvgIpc) is 2.85. The molecule has 31 heavy (non-hydrogen) atoms. The fourth-order valence-corrected chi connectivity index (χ4v) is 5.79. The number of carboxylic acids is 1. The Kier molecular flexibility index (Phi) is 11.8. The summed E-state index contributed by atoms with van der Waals surface area (Å²) in [4.78, 5) is 23.6. The van der Waals surface area contributed by atoms with E-state index in [0.717, 1.165) is 38.0 Å². The van der Waals surface area contributed by atoms with Gasteiger partial charge in [-0.05, 0) is 69.7 Å². The number of carbonyl (C=O) groups is 2. The molecule has 1 aliphatic carbocycles. The van der Waals surface area contributed by atoms with E-state index in [1.54, 1.807) is 0 Å². The molecule has 0 saturated carbocycles. The number of allylic oxidation sites excluding steroid dienone is 2. The van der Waals surface area contributed by atoms with E-state index in [9.17, 15) is 9.59 Å². The van der Waals surface area contributed by atoms with Crippen molar-refractivity contribution in [3.05, 3.63) is 22.8 Å². The number of carbonyl (C=O) groups excluding carboxylic acids is 1. The highest BCUT2D eigenvalue weighted by Crippen LogP contribution is 2.42. The number of rotatable bonds is 15. The van der Waals surface area contributed by atoms with E-state index >= 15 is 0 Å². The van der Waals surface area contributed by atoms with Crippen molar-refractivity contribution in [3.63, 3.8) is 0 Å². The summed E-state index contributed by atoms with van der Waals surface area (Å²) in [6.45, 7) is 13.3. The Balaban J connectivity index is 2.89. The van der Waals surface area contributed by atoms with E-state index in [1.807, 2.05) is 12.2 Å². The first-order chi connectivity index (χ1) is 14.4. The van der Waals surface area contributed by atoms with Crippen molar-refractivity contribution in [3.8, 4) is 0 Å². The average molecular weight is 471 g/mol. The number of aliphatic carboxylic acids is 1. The van der Waals surface area contributed by atoms with Crippen molar-refractivity contribution in [1.82, 2.24) is 0 Å². The predicted molar refractivity (Wildman–Crippen MR) is 132 cm³/mol. The Labute approximate surface area is 195 Å². The molecular weight excluding hydrogens is 428 g/mol. The summed E-state index contributed by atoms with van der Waals surface area (Å²) in [5.41, 5.74) is -0.0287. The van der Waals surface area contributed by atoms with Crippen LogP contribution in [0.2, 0.25) is 19.6 Å². The zero-order valence-corrected chi connectivity index (χ0v) is 22.2. The van der Waals surface area contributed by atoms with Gasteiger partial charge >= 0.3 is 5.97 Å². The molecule has 1 N–H and O–H groups in total. The summed E-state index contributed by atoms with van der Waals surface area (Å²) in [5.74, 6) is 0.428. The lowest BCUT2D eigenvalue weighted by molar-refractivity contribution is -0.137. The molecule has 0 radical (unpaired) electrons. The van der Waals surface area contributed by atoms with Crippen molar-refractivity contribution in [2.24, 2.45) is 11.8 Å². The van der Waals surface area contributed by atoms with Crippen LogP contribution in [0.25, 0.3) is 0 Å². The highest BCUT2D eigenvalue weighted by atomic mass is 35.5. The van der Waals surface area contributed by atoms with E-state index < -0.39 is 19.9 Å². The third-order valence-corrected chi connectivity index (χ3v) is 6.95. The molecule has 0 saturated heterocycles. The van der Waals surface area contributed by atoms with Gasteiger partial charge in [0.25, 0.3) is 0 Å². The first kappa shape index (κ1) is 28.1. The molecule has 0 spiro atoms. The predicted octanol–water partition coefficient (Wildman–Crippen LogP) is 7.49. The lowest BCUT2D eigenvalue weighted by Crippen LogP contribution is -2.42. The minimum atomic E-state index is -1.94. The minimum Gasteiger partial charge on any atom is -0.481 e. The van der Waals surface area contributed by atoms with Crippen LogP contribution in [0.15, 0.2) is 22.8 Å². The van der Waals surface area contributed by atoms with Gasteiger partial charge in [-0.25, -0.2) is 0 Å². The van der Waals surface area contributed by atoms with Crippen molar-refractivity contribution in [2.45, 2.75) is 110 Å². The Hall–Kier alpha value is -0.913. The van der Waals surface area contributed by atoms with Crippen LogP contribution in [0.1, 0.15) is 85.0 Å². The zero-order chi connectivity index (χ0) is 23.7. The minimum absolute atomic E-state index is 0.113. The van der Waals surface area contributed by atoms with Gasteiger partial charge < -0.3 is 9.53 Å². The number of halogens is 1. The summed E-state index contributed by atoms with van der Waals surface area (Å²) in [7, 11) is -1.94. The molecule has 0 bridgehead atoms. The van der Waals surface area contributed by atoms with Gasteiger partial charge in [-0.2, -0.15) is 0 Å². The van der Waals surface area contributed by atoms with Gasteiger partial charge in [-0.15, -0.1) is 0 Å². The molecule has 0 aromatic carbocycles. The second-order valence-corrected chi connectivity index (χ2v) is 15.3. The highest BCUT2D eigenvalue weighted by Gasteiger charge is 2.46. The number of hydrogen-bond donors (Lipinski definition) is 1. The molecule has 2 atom stereocenters. The van der Waals surface area contributed by atoms with Crippen LogP contribution < -0.4 is 0 Å². The van der Waals surface area contributed by atoms with Crippen LogP contribution in [-0.2, 0) is 14.0 Å². The largest absolute Gasteiger partial charge is 0.481 e. The number of hydrogen-bond acceptors (Lipinski definition) is 3. The van der Waals surface area contributed by atoms with Crippen LogP contribution in [0.5, 0.6) is 0 Å². The fraction of sp³-hybridized carbons (Fsp3) is 0.760. The van der Waals surface area contributed by atoms with E-state index in [0.29, 0.717) is 17.9 Å². The van der Waals surface area contributed by atoms with Crippen LogP contribution in [0.4, 0.5) is 0 Å². The Morgan fingerprint density at radius 1 is 1.13 bits per heavy atom. The molecular formula is C25H43ClO4Si. The third-order valence-electron chi connectivity index (χ3n) is 5.70. The van der Waals surface area contributed by atoms with Gasteiger partial charge in [-0.1, -0.05) is 64.1 Å². The maximum absolute atomic E-state index is 12.9. The van der Waals surface area contributed by atoms with Crippen LogP contribution in [-0.4, -0.2) is 30.8 Å². The van der Waals surface area contributed by atoms with Crippen molar-refractivity contribution < 1.29 is 19.1 Å². The van der Waals surface area contributed by atoms with Gasteiger partial charge in [0, 0.05) is 12.0 Å². The van der Waals surface area contributed by atoms with Gasteiger partial charge in [0.15, 0.2) is 8.32 Å². The molecule has 6 heteroatoms. The second-order valence-electron chi connectivity index (χ2n) is 10.5. The highest BCUT2D eigenvalue weighted by molar-refractivity contribution is 6.70. The first-order valence-electron chi connectivity index (χ1n) is 11.9. The van der Waals surface area contributed by atoms with Crippen molar-refractivity contribution in [2.75, 3.05) is 0 Å². The van der Waals surface area contributed by atoms with Gasteiger partial charge in [0.2, 0.25) is 5.78 Å². The van der Waals surface area contributed by atoms with Crippen molar-refractivity contribution in [1.29, 1.82) is 0 Å². The summed E-state index contributed by atoms with van der Waals surface area (Å²) in [5, 5.41) is 9.04. The molecule has 2 unspecified atom stereocenters. The number of unbranched alkanes of at least 4 members (excludes halogenated alkanes) is 3. The van der Waals surface area contributed by atoms with E-state index in [2.05, 4.69) is 40.4 Å². The van der Waals surface area contributed by atoms with Crippen LogP contribution in [0, 0.1) is 11.8 Å². The zero-order valence-electron chi connectivity index (χ0n) is 20.4. The standard InChI is InChI=1S/C25H43ClO4Si/c1-19(2)12-11-13-20(3)16-17-25(30-31(4,5)6)18-22(26)24(29)21(25)14-9-7-8-10-15-23(27)28/h14,18-20H,7-13,15-17H2,1-6H3,(H,27,28)/b21-14+. The fourth-order valence-electron chi connectivity index (χ4n) is 4.15. The molecule has 0 aliphatic heterocycles. The van der Waals surface area contributed by atoms with Crippen molar-refractivity contribution >= 4 is 31.7 Å². The number of carboxylic acid groups (broad SMARTS) is 1. The van der Waals surface area contributed by atoms with Crippen LogP contribution in [0.3, 0.4) is 0 Å². The molecule has 1 rings (SSSR count). The quantitative estimate of drug-likeness (QED) is 0.153. The maximum Gasteiger partial charge on any atom is 0.303 e. The summed E-state index contributed by atoms with van der Waals surface area (Å²) < 4.78 is 6.65. The van der Waals surface area contributed by atoms with E-state index in [-0.39, 0.29) is 17.2 Å².